The average Bonchev–Trinajstić information content (AvgIpc) is 2.36. The molecule has 0 heterocycles. The van der Waals surface area contributed by atoms with Crippen molar-refractivity contribution in [1.82, 2.24) is 0 Å². The zero-order valence-corrected chi connectivity index (χ0v) is 10.4. The molecular formula is C14H14FN3O. The van der Waals surface area contributed by atoms with Crippen LogP contribution in [0.2, 0.25) is 0 Å². The molecular weight excluding hydrogens is 245 g/mol. The monoisotopic (exact) mass is 259 g/mol. The molecule has 0 aliphatic carbocycles. The Hall–Kier alpha value is -2.56. The van der Waals surface area contributed by atoms with E-state index in [1.54, 1.807) is 18.2 Å². The van der Waals surface area contributed by atoms with E-state index in [9.17, 15) is 9.18 Å². The van der Waals surface area contributed by atoms with Crippen LogP contribution in [0.25, 0.3) is 0 Å². The molecule has 2 aromatic rings. The van der Waals surface area contributed by atoms with Crippen LogP contribution >= 0.6 is 0 Å². The molecule has 0 aliphatic rings. The molecule has 0 aromatic heterocycles. The number of carbonyl (C=O) groups excluding carboxylic acids is 1. The van der Waals surface area contributed by atoms with Crippen molar-refractivity contribution < 1.29 is 9.18 Å². The van der Waals surface area contributed by atoms with Gasteiger partial charge in [0.25, 0.3) is 0 Å². The molecule has 0 radical (unpaired) electrons. The van der Waals surface area contributed by atoms with Crippen molar-refractivity contribution in [2.45, 2.75) is 6.92 Å². The van der Waals surface area contributed by atoms with Gasteiger partial charge in [0.05, 0.1) is 17.1 Å². The molecule has 0 spiro atoms. The number of nitrogens with one attached hydrogen (secondary N) is 1. The van der Waals surface area contributed by atoms with Gasteiger partial charge in [0.1, 0.15) is 5.82 Å². The maximum Gasteiger partial charge on any atom is 0.248 e. The van der Waals surface area contributed by atoms with Crippen molar-refractivity contribution in [3.8, 4) is 0 Å². The lowest BCUT2D eigenvalue weighted by atomic mass is 10.1. The minimum absolute atomic E-state index is 0.299. The number of halogens is 1. The summed E-state index contributed by atoms with van der Waals surface area (Å²) in [6.45, 7) is 1.85. The van der Waals surface area contributed by atoms with Gasteiger partial charge in [-0.05, 0) is 42.8 Å². The molecule has 0 saturated heterocycles. The van der Waals surface area contributed by atoms with Crippen molar-refractivity contribution in [2.24, 2.45) is 5.73 Å². The number of hydrogen-bond donors (Lipinski definition) is 3. The molecule has 0 aliphatic heterocycles. The van der Waals surface area contributed by atoms with Crippen LogP contribution < -0.4 is 16.8 Å². The number of amides is 1. The van der Waals surface area contributed by atoms with Crippen LogP contribution in [-0.2, 0) is 0 Å². The summed E-state index contributed by atoms with van der Waals surface area (Å²) in [5.74, 6) is -0.956. The van der Waals surface area contributed by atoms with Crippen LogP contribution in [0.5, 0.6) is 0 Å². The molecule has 0 unspecified atom stereocenters. The second-order valence-corrected chi connectivity index (χ2v) is 4.27. The van der Waals surface area contributed by atoms with Crippen molar-refractivity contribution in [3.63, 3.8) is 0 Å². The van der Waals surface area contributed by atoms with Crippen LogP contribution in [0.1, 0.15) is 15.9 Å². The van der Waals surface area contributed by atoms with Gasteiger partial charge in [0.2, 0.25) is 5.91 Å². The molecule has 0 fully saturated rings. The van der Waals surface area contributed by atoms with Crippen molar-refractivity contribution in [1.29, 1.82) is 0 Å². The fourth-order valence-corrected chi connectivity index (χ4v) is 1.70. The number of rotatable bonds is 3. The second kappa shape index (κ2) is 4.97. The Morgan fingerprint density at radius 2 is 1.89 bits per heavy atom. The fourth-order valence-electron chi connectivity index (χ4n) is 1.70. The highest BCUT2D eigenvalue weighted by Gasteiger charge is 2.08. The van der Waals surface area contributed by atoms with Gasteiger partial charge in [-0.15, -0.1) is 0 Å². The third-order valence-electron chi connectivity index (χ3n) is 2.73. The van der Waals surface area contributed by atoms with E-state index < -0.39 is 11.7 Å². The van der Waals surface area contributed by atoms with Gasteiger partial charge < -0.3 is 16.8 Å². The lowest BCUT2D eigenvalue weighted by molar-refractivity contribution is 0.100. The quantitative estimate of drug-likeness (QED) is 0.741. The van der Waals surface area contributed by atoms with Gasteiger partial charge in [0.15, 0.2) is 0 Å². The number of benzene rings is 2. The standard InChI is InChI=1S/C14H14FN3O/c1-8-2-4-10(15)12(6-8)18-13-7-9(14(17)19)3-5-11(13)16/h2-7,18H,16H2,1H3,(H2,17,19). The first-order valence-corrected chi connectivity index (χ1v) is 5.70. The number of primary amides is 1. The molecule has 4 nitrogen and oxygen atoms in total. The summed E-state index contributed by atoms with van der Waals surface area (Å²) in [6, 6.07) is 9.27. The molecule has 0 bridgehead atoms. The molecule has 98 valence electrons. The molecule has 5 heteroatoms. The first-order valence-electron chi connectivity index (χ1n) is 5.70. The smallest absolute Gasteiger partial charge is 0.248 e. The minimum atomic E-state index is -0.562. The number of carbonyl (C=O) groups is 1. The lowest BCUT2D eigenvalue weighted by Crippen LogP contribution is -2.11. The van der Waals surface area contributed by atoms with Crippen molar-refractivity contribution in [2.75, 3.05) is 11.1 Å². The molecule has 19 heavy (non-hydrogen) atoms. The zero-order chi connectivity index (χ0) is 14.0. The van der Waals surface area contributed by atoms with Gasteiger partial charge in [-0.2, -0.15) is 0 Å². The SMILES string of the molecule is Cc1ccc(F)c(Nc2cc(C(N)=O)ccc2N)c1. The summed E-state index contributed by atoms with van der Waals surface area (Å²) >= 11 is 0. The highest BCUT2D eigenvalue weighted by molar-refractivity contribution is 5.95. The summed E-state index contributed by atoms with van der Waals surface area (Å²) in [5, 5.41) is 2.87. The van der Waals surface area contributed by atoms with E-state index in [4.69, 9.17) is 11.5 Å². The third kappa shape index (κ3) is 2.82. The molecule has 5 N–H and O–H groups in total. The van der Waals surface area contributed by atoms with Crippen LogP contribution in [0.15, 0.2) is 36.4 Å². The van der Waals surface area contributed by atoms with Gasteiger partial charge in [-0.1, -0.05) is 6.07 Å². The Labute approximate surface area is 110 Å². The Kier molecular flexibility index (Phi) is 3.37. The minimum Gasteiger partial charge on any atom is -0.397 e. The summed E-state index contributed by atoms with van der Waals surface area (Å²) in [4.78, 5) is 11.1. The van der Waals surface area contributed by atoms with E-state index in [0.29, 0.717) is 22.6 Å². The van der Waals surface area contributed by atoms with Crippen LogP contribution in [-0.4, -0.2) is 5.91 Å². The van der Waals surface area contributed by atoms with E-state index in [0.717, 1.165) is 5.56 Å². The molecule has 0 saturated carbocycles. The van der Waals surface area contributed by atoms with Crippen molar-refractivity contribution in [3.05, 3.63) is 53.3 Å². The van der Waals surface area contributed by atoms with Crippen LogP contribution in [0.4, 0.5) is 21.5 Å². The third-order valence-corrected chi connectivity index (χ3v) is 2.73. The van der Waals surface area contributed by atoms with E-state index in [1.165, 1.54) is 18.2 Å². The summed E-state index contributed by atoms with van der Waals surface area (Å²) < 4.78 is 13.7. The predicted octanol–water partition coefficient (Wildman–Crippen LogP) is 2.56. The molecule has 0 atom stereocenters. The first kappa shape index (κ1) is 12.9. The molecule has 2 aromatic carbocycles. The Bertz CT molecular complexity index is 641. The van der Waals surface area contributed by atoms with E-state index >= 15 is 0 Å². The lowest BCUT2D eigenvalue weighted by Gasteiger charge is -2.11. The maximum atomic E-state index is 13.7. The highest BCUT2D eigenvalue weighted by Crippen LogP contribution is 2.26. The Morgan fingerprint density at radius 1 is 1.16 bits per heavy atom. The molecule has 2 rings (SSSR count). The summed E-state index contributed by atoms with van der Waals surface area (Å²) in [5.41, 5.74) is 13.4. The number of aryl methyl sites for hydroxylation is 1. The van der Waals surface area contributed by atoms with E-state index in [2.05, 4.69) is 5.32 Å². The Balaban J connectivity index is 2.40. The summed E-state index contributed by atoms with van der Waals surface area (Å²) in [6.07, 6.45) is 0. The van der Waals surface area contributed by atoms with E-state index in [-0.39, 0.29) is 0 Å². The number of hydrogen-bond acceptors (Lipinski definition) is 3. The van der Waals surface area contributed by atoms with Gasteiger partial charge in [-0.25, -0.2) is 4.39 Å². The van der Waals surface area contributed by atoms with Gasteiger partial charge in [-0.3, -0.25) is 4.79 Å². The van der Waals surface area contributed by atoms with Crippen molar-refractivity contribution >= 4 is 23.0 Å². The Morgan fingerprint density at radius 3 is 2.58 bits per heavy atom. The maximum absolute atomic E-state index is 13.7. The van der Waals surface area contributed by atoms with Crippen LogP contribution in [0.3, 0.4) is 0 Å². The average molecular weight is 259 g/mol. The topological polar surface area (TPSA) is 81.1 Å². The number of nitrogen functional groups attached to an aromatic ring is 1. The van der Waals surface area contributed by atoms with Crippen LogP contribution in [0, 0.1) is 12.7 Å². The fraction of sp³-hybridized carbons (Fsp3) is 0.0714. The zero-order valence-electron chi connectivity index (χ0n) is 10.4. The number of anilines is 3. The normalized spacial score (nSPS) is 10.2. The first-order chi connectivity index (χ1) is 8.97. The highest BCUT2D eigenvalue weighted by atomic mass is 19.1. The largest absolute Gasteiger partial charge is 0.397 e. The van der Waals surface area contributed by atoms with Gasteiger partial charge in [0, 0.05) is 5.56 Å². The number of nitrogens with two attached hydrogens (primary N) is 2. The van der Waals surface area contributed by atoms with E-state index in [1.807, 2.05) is 6.92 Å². The van der Waals surface area contributed by atoms with Gasteiger partial charge >= 0.3 is 0 Å². The predicted molar refractivity (Wildman–Crippen MR) is 73.8 cm³/mol. The second-order valence-electron chi connectivity index (χ2n) is 4.27. The summed E-state index contributed by atoms with van der Waals surface area (Å²) in [7, 11) is 0. The molecule has 1 amide bonds.